The Morgan fingerprint density at radius 1 is 0.861 bits per heavy atom. The van der Waals surface area contributed by atoms with Gasteiger partial charge in [0, 0.05) is 65.4 Å². The fourth-order valence-corrected chi connectivity index (χ4v) is 4.09. The van der Waals surface area contributed by atoms with Gasteiger partial charge in [-0.25, -0.2) is 19.6 Å². The molecule has 3 aromatic heterocycles. The minimum absolute atomic E-state index is 0.402. The highest BCUT2D eigenvalue weighted by atomic mass is 32.1. The molecule has 0 aliphatic heterocycles. The van der Waals surface area contributed by atoms with Crippen LogP contribution in [0.4, 0.5) is 5.82 Å². The van der Waals surface area contributed by atoms with Crippen molar-refractivity contribution in [1.82, 2.24) is 24.7 Å². The number of pyridine rings is 1. The Morgan fingerprint density at radius 2 is 1.58 bits per heavy atom. The lowest BCUT2D eigenvalue weighted by Crippen LogP contribution is -2.10. The van der Waals surface area contributed by atoms with Gasteiger partial charge in [-0.2, -0.15) is 5.10 Å². The van der Waals surface area contributed by atoms with Crippen LogP contribution in [0.25, 0.3) is 39.2 Å². The van der Waals surface area contributed by atoms with Gasteiger partial charge in [0.05, 0.1) is 31.6 Å². The molecule has 0 bridgehead atoms. The Bertz CT molecular complexity index is 1550. The lowest BCUT2D eigenvalue weighted by molar-refractivity contribution is 0.356. The number of aromatic nitrogens is 5. The van der Waals surface area contributed by atoms with Gasteiger partial charge in [0.25, 0.3) is 10.8 Å². The molecule has 0 unspecified atom stereocenters. The molecule has 3 heterocycles. The molecule has 2 aromatic carbocycles. The first-order valence-electron chi connectivity index (χ1n) is 11.0. The summed E-state index contributed by atoms with van der Waals surface area (Å²) in [6, 6.07) is 15.0. The Morgan fingerprint density at radius 3 is 2.22 bits per heavy atom. The summed E-state index contributed by atoms with van der Waals surface area (Å²) in [4.78, 5) is 16.8. The van der Waals surface area contributed by atoms with Crippen LogP contribution in [0.1, 0.15) is 0 Å². The smallest absolute Gasteiger partial charge is 0.493 e. The minimum atomic E-state index is 0.402. The molecule has 0 saturated carbocycles. The number of hydrogen-bond donors (Lipinski definition) is 0. The molecule has 0 aliphatic carbocycles. The van der Waals surface area contributed by atoms with Crippen molar-refractivity contribution in [2.45, 2.75) is 4.90 Å². The van der Waals surface area contributed by atoms with E-state index in [2.05, 4.69) is 10.1 Å². The number of fused-ring (bicyclic) bond motifs is 1. The second-order valence-electron chi connectivity index (χ2n) is 8.18. The predicted molar refractivity (Wildman–Crippen MR) is 139 cm³/mol. The van der Waals surface area contributed by atoms with E-state index in [0.717, 1.165) is 27.9 Å². The van der Waals surface area contributed by atoms with Crippen LogP contribution in [-0.2, 0) is 15.9 Å². The normalized spacial score (nSPS) is 10.9. The zero-order valence-electron chi connectivity index (χ0n) is 20.2. The standard InChI is InChI=1S/C26H23N6O3S/c1-31(2)24-10-7-17(13-27-24)25-20-11-22(34-3)23(35-4)12-21(20)29-26(30-25)32-15-18(14-28-32)16-5-8-19(36-33)9-6-16/h5-15H,1-4H3/q+1. The number of nitrogens with zero attached hydrogens (tertiary/aromatic N) is 6. The third-order valence-electron chi connectivity index (χ3n) is 5.74. The number of methoxy groups -OCH3 is 2. The summed E-state index contributed by atoms with van der Waals surface area (Å²) in [5.74, 6) is 2.40. The number of ether oxygens (including phenoxy) is 2. The molecule has 9 nitrogen and oxygen atoms in total. The molecular formula is C26H23N6O3S+. The van der Waals surface area contributed by atoms with Crippen molar-refractivity contribution in [3.05, 3.63) is 67.1 Å². The van der Waals surface area contributed by atoms with Gasteiger partial charge in [0.1, 0.15) is 5.82 Å². The zero-order valence-corrected chi connectivity index (χ0v) is 21.0. The van der Waals surface area contributed by atoms with Crippen molar-refractivity contribution in [2.75, 3.05) is 33.2 Å². The fraction of sp³-hybridized carbons (Fsp3) is 0.154. The molecule has 0 N–H and O–H groups in total. The third kappa shape index (κ3) is 4.34. The second kappa shape index (κ2) is 9.67. The Kier molecular flexibility index (Phi) is 6.26. The van der Waals surface area contributed by atoms with Crippen molar-refractivity contribution < 1.29 is 13.7 Å². The van der Waals surface area contributed by atoms with Gasteiger partial charge in [-0.1, -0.05) is 0 Å². The molecule has 180 valence electrons. The van der Waals surface area contributed by atoms with Crippen LogP contribution in [0.15, 0.2) is 72.0 Å². The Balaban J connectivity index is 1.66. The molecule has 10 heteroatoms. The molecule has 0 saturated heterocycles. The lowest BCUT2D eigenvalue weighted by atomic mass is 10.1. The highest BCUT2D eigenvalue weighted by molar-refractivity contribution is 7.65. The molecule has 0 aliphatic rings. The SMILES string of the molecule is COc1cc2nc(-n3cc(-c4ccc([S+]=O)cc4)cn3)nc(-c3ccc(N(C)C)nc3)c2cc1OC. The summed E-state index contributed by atoms with van der Waals surface area (Å²) >= 11 is 0.465. The van der Waals surface area contributed by atoms with Crippen molar-refractivity contribution >= 4 is 28.4 Å². The van der Waals surface area contributed by atoms with Crippen LogP contribution in [0.5, 0.6) is 11.5 Å². The first-order valence-corrected chi connectivity index (χ1v) is 11.8. The van der Waals surface area contributed by atoms with Crippen molar-refractivity contribution in [3.8, 4) is 39.8 Å². The van der Waals surface area contributed by atoms with E-state index in [4.69, 9.17) is 19.4 Å². The quantitative estimate of drug-likeness (QED) is 0.304. The van der Waals surface area contributed by atoms with E-state index in [1.807, 2.05) is 61.6 Å². The molecule has 0 fully saturated rings. The van der Waals surface area contributed by atoms with Crippen LogP contribution in [0.3, 0.4) is 0 Å². The van der Waals surface area contributed by atoms with Crippen molar-refractivity contribution in [2.24, 2.45) is 0 Å². The lowest BCUT2D eigenvalue weighted by Gasteiger charge is -2.14. The highest BCUT2D eigenvalue weighted by Crippen LogP contribution is 2.36. The molecule has 5 aromatic rings. The summed E-state index contributed by atoms with van der Waals surface area (Å²) < 4.78 is 23.7. The zero-order chi connectivity index (χ0) is 25.2. The second-order valence-corrected chi connectivity index (χ2v) is 8.82. The minimum Gasteiger partial charge on any atom is -0.493 e. The number of benzene rings is 2. The van der Waals surface area contributed by atoms with Crippen LogP contribution in [0.2, 0.25) is 0 Å². The van der Waals surface area contributed by atoms with Crippen molar-refractivity contribution in [3.63, 3.8) is 0 Å². The number of anilines is 1. The van der Waals surface area contributed by atoms with E-state index >= 15 is 0 Å². The van der Waals surface area contributed by atoms with Gasteiger partial charge in [0.15, 0.2) is 11.5 Å². The molecule has 0 radical (unpaired) electrons. The number of rotatable bonds is 7. The molecule has 0 spiro atoms. The molecule has 5 rings (SSSR count). The van der Waals surface area contributed by atoms with E-state index in [0.29, 0.717) is 45.2 Å². The first kappa shape index (κ1) is 23.3. The largest absolute Gasteiger partial charge is 0.505 e. The molecular weight excluding hydrogens is 476 g/mol. The van der Waals surface area contributed by atoms with E-state index < -0.39 is 0 Å². The molecule has 0 atom stereocenters. The molecule has 0 amide bonds. The van der Waals surface area contributed by atoms with E-state index in [9.17, 15) is 4.21 Å². The summed E-state index contributed by atoms with van der Waals surface area (Å²) in [6.45, 7) is 0. The summed E-state index contributed by atoms with van der Waals surface area (Å²) in [5, 5.41) is 5.31. The summed E-state index contributed by atoms with van der Waals surface area (Å²) in [6.07, 6.45) is 5.40. The fourth-order valence-electron chi connectivity index (χ4n) is 3.84. The maximum Gasteiger partial charge on any atom is 0.505 e. The average Bonchev–Trinajstić information content (AvgIpc) is 3.42. The Hall–Kier alpha value is -4.44. The van der Waals surface area contributed by atoms with Gasteiger partial charge in [0.2, 0.25) is 0 Å². The van der Waals surface area contributed by atoms with Gasteiger partial charge in [-0.05, 0) is 35.9 Å². The van der Waals surface area contributed by atoms with Crippen LogP contribution in [0, 0.1) is 0 Å². The molecule has 36 heavy (non-hydrogen) atoms. The van der Waals surface area contributed by atoms with Crippen LogP contribution in [-0.4, -0.2) is 53.0 Å². The Labute approximate surface area is 211 Å². The summed E-state index contributed by atoms with van der Waals surface area (Å²) in [7, 11) is 7.08. The van der Waals surface area contributed by atoms with Crippen molar-refractivity contribution in [1.29, 1.82) is 0 Å². The van der Waals surface area contributed by atoms with E-state index in [1.54, 1.807) is 43.4 Å². The van der Waals surface area contributed by atoms with Crippen LogP contribution >= 0.6 is 0 Å². The highest BCUT2D eigenvalue weighted by Gasteiger charge is 2.17. The first-order chi connectivity index (χ1) is 17.5. The van der Waals surface area contributed by atoms with E-state index in [1.165, 1.54) is 0 Å². The summed E-state index contributed by atoms with van der Waals surface area (Å²) in [5.41, 5.74) is 4.03. The van der Waals surface area contributed by atoms with Gasteiger partial charge >= 0.3 is 11.7 Å². The maximum atomic E-state index is 11.0. The van der Waals surface area contributed by atoms with E-state index in [-0.39, 0.29) is 0 Å². The third-order valence-corrected chi connectivity index (χ3v) is 6.20. The monoisotopic (exact) mass is 499 g/mol. The van der Waals surface area contributed by atoms with Gasteiger partial charge in [-0.3, -0.25) is 0 Å². The van der Waals surface area contributed by atoms with Gasteiger partial charge < -0.3 is 14.4 Å². The average molecular weight is 500 g/mol. The maximum absolute atomic E-state index is 11.0. The number of hydrogen-bond acceptors (Lipinski definition) is 8. The van der Waals surface area contributed by atoms with Gasteiger partial charge in [-0.15, -0.1) is 0 Å². The van der Waals surface area contributed by atoms with Crippen LogP contribution < -0.4 is 14.4 Å². The predicted octanol–water partition coefficient (Wildman–Crippen LogP) is 4.41. The topological polar surface area (TPSA) is 95.3 Å².